The summed E-state index contributed by atoms with van der Waals surface area (Å²) in [5.74, 6) is 0. The molecule has 0 amide bonds. The van der Waals surface area contributed by atoms with Crippen LogP contribution in [0, 0.1) is 0 Å². The van der Waals surface area contributed by atoms with Crippen molar-refractivity contribution in [2.75, 3.05) is 0 Å². The molecule has 0 bridgehead atoms. The molecule has 3 rings (SSSR count). The molecule has 2 heterocycles. The van der Waals surface area contributed by atoms with Gasteiger partial charge in [-0.1, -0.05) is 18.2 Å². The van der Waals surface area contributed by atoms with Gasteiger partial charge >= 0.3 is 0 Å². The van der Waals surface area contributed by atoms with Crippen LogP contribution >= 0.6 is 0 Å². The maximum atomic E-state index is 11.2. The Morgan fingerprint density at radius 1 is 1.00 bits per heavy atom. The largest absolute Gasteiger partial charge is 0.294 e. The highest BCUT2D eigenvalue weighted by atomic mass is 32.2. The van der Waals surface area contributed by atoms with E-state index in [1.165, 1.54) is 12.1 Å². The predicted octanol–water partition coefficient (Wildman–Crippen LogP) is 2.39. The molecule has 0 radical (unpaired) electrons. The molecule has 21 heavy (non-hydrogen) atoms. The van der Waals surface area contributed by atoms with Gasteiger partial charge in [-0.3, -0.25) is 14.6 Å². The van der Waals surface area contributed by atoms with Gasteiger partial charge in [0.05, 0.1) is 22.0 Å². The second-order valence-corrected chi connectivity index (χ2v) is 5.81. The van der Waals surface area contributed by atoms with Crippen molar-refractivity contribution < 1.29 is 13.0 Å². The summed E-state index contributed by atoms with van der Waals surface area (Å²) < 4.78 is 31.4. The van der Waals surface area contributed by atoms with E-state index in [0.717, 1.165) is 11.4 Å². The SMILES string of the molecule is O=S(=O)(O)c1cccc(-c2cc(-c3ccccn3)[nH]n2)c1. The summed E-state index contributed by atoms with van der Waals surface area (Å²) in [6.45, 7) is 0. The monoisotopic (exact) mass is 301 g/mol. The number of nitrogens with one attached hydrogen (secondary N) is 1. The fraction of sp³-hybridized carbons (Fsp3) is 0. The van der Waals surface area contributed by atoms with Gasteiger partial charge in [0.2, 0.25) is 0 Å². The Balaban J connectivity index is 2.01. The maximum absolute atomic E-state index is 11.2. The molecule has 6 nitrogen and oxygen atoms in total. The van der Waals surface area contributed by atoms with Crippen molar-refractivity contribution in [1.82, 2.24) is 15.2 Å². The van der Waals surface area contributed by atoms with Crippen molar-refractivity contribution in [3.8, 4) is 22.6 Å². The smallest absolute Gasteiger partial charge is 0.282 e. The highest BCUT2D eigenvalue weighted by Crippen LogP contribution is 2.24. The molecule has 0 aliphatic heterocycles. The van der Waals surface area contributed by atoms with Gasteiger partial charge in [-0.05, 0) is 30.3 Å². The molecule has 0 saturated carbocycles. The van der Waals surface area contributed by atoms with E-state index < -0.39 is 10.1 Å². The minimum absolute atomic E-state index is 0.164. The molecule has 1 aromatic carbocycles. The summed E-state index contributed by atoms with van der Waals surface area (Å²) in [7, 11) is -4.23. The van der Waals surface area contributed by atoms with Crippen molar-refractivity contribution >= 4 is 10.1 Å². The van der Waals surface area contributed by atoms with E-state index in [1.54, 1.807) is 24.4 Å². The highest BCUT2D eigenvalue weighted by Gasteiger charge is 2.12. The third-order valence-electron chi connectivity index (χ3n) is 2.95. The average molecular weight is 301 g/mol. The average Bonchev–Trinajstić information content (AvgIpc) is 2.97. The number of H-pyrrole nitrogens is 1. The van der Waals surface area contributed by atoms with Crippen molar-refractivity contribution in [3.63, 3.8) is 0 Å². The summed E-state index contributed by atoms with van der Waals surface area (Å²) in [4.78, 5) is 4.04. The zero-order valence-corrected chi connectivity index (χ0v) is 11.6. The summed E-state index contributed by atoms with van der Waals surface area (Å²) in [6, 6.07) is 13.2. The fourth-order valence-electron chi connectivity index (χ4n) is 1.94. The van der Waals surface area contributed by atoms with Crippen molar-refractivity contribution in [1.29, 1.82) is 0 Å². The Bertz CT molecular complexity index is 873. The van der Waals surface area contributed by atoms with Crippen LogP contribution in [0.4, 0.5) is 0 Å². The van der Waals surface area contributed by atoms with Gasteiger partial charge in [0.25, 0.3) is 10.1 Å². The van der Waals surface area contributed by atoms with E-state index in [-0.39, 0.29) is 4.90 Å². The Kier molecular flexibility index (Phi) is 3.28. The van der Waals surface area contributed by atoms with Crippen LogP contribution in [0.1, 0.15) is 0 Å². The number of aromatic amines is 1. The van der Waals surface area contributed by atoms with Gasteiger partial charge in [0.15, 0.2) is 0 Å². The maximum Gasteiger partial charge on any atom is 0.294 e. The van der Waals surface area contributed by atoms with Crippen LogP contribution in [0.15, 0.2) is 59.6 Å². The molecule has 2 aromatic heterocycles. The molecule has 0 unspecified atom stereocenters. The van der Waals surface area contributed by atoms with Crippen LogP contribution in [0.2, 0.25) is 0 Å². The second kappa shape index (κ2) is 5.12. The summed E-state index contributed by atoms with van der Waals surface area (Å²) in [5, 5.41) is 7.00. The van der Waals surface area contributed by atoms with Crippen LogP contribution in [-0.4, -0.2) is 28.2 Å². The van der Waals surface area contributed by atoms with E-state index in [9.17, 15) is 8.42 Å². The Morgan fingerprint density at radius 2 is 1.86 bits per heavy atom. The van der Waals surface area contributed by atoms with Gasteiger partial charge < -0.3 is 0 Å². The second-order valence-electron chi connectivity index (χ2n) is 4.38. The zero-order chi connectivity index (χ0) is 14.9. The molecular formula is C14H11N3O3S. The molecular weight excluding hydrogens is 290 g/mol. The lowest BCUT2D eigenvalue weighted by atomic mass is 10.1. The summed E-state index contributed by atoms with van der Waals surface area (Å²) in [5.41, 5.74) is 2.62. The van der Waals surface area contributed by atoms with E-state index in [4.69, 9.17) is 4.55 Å². The zero-order valence-electron chi connectivity index (χ0n) is 10.8. The van der Waals surface area contributed by atoms with Crippen LogP contribution in [-0.2, 0) is 10.1 Å². The first-order valence-corrected chi connectivity index (χ1v) is 7.53. The molecule has 0 aliphatic rings. The van der Waals surface area contributed by atoms with Gasteiger partial charge in [0, 0.05) is 11.8 Å². The van der Waals surface area contributed by atoms with Crippen LogP contribution in [0.25, 0.3) is 22.6 Å². The van der Waals surface area contributed by atoms with Gasteiger partial charge in [-0.25, -0.2) is 0 Å². The quantitative estimate of drug-likeness (QED) is 0.724. The minimum Gasteiger partial charge on any atom is -0.282 e. The van der Waals surface area contributed by atoms with Crippen LogP contribution in [0.5, 0.6) is 0 Å². The third kappa shape index (κ3) is 2.83. The molecule has 106 valence electrons. The van der Waals surface area contributed by atoms with Gasteiger partial charge in [0.1, 0.15) is 0 Å². The lowest BCUT2D eigenvalue weighted by molar-refractivity contribution is 0.483. The molecule has 0 fully saturated rings. The minimum atomic E-state index is -4.23. The molecule has 0 spiro atoms. The van der Waals surface area contributed by atoms with Gasteiger partial charge in [-0.15, -0.1) is 0 Å². The van der Waals surface area contributed by atoms with E-state index >= 15 is 0 Å². The molecule has 0 aliphatic carbocycles. The normalized spacial score (nSPS) is 11.5. The number of benzene rings is 1. The highest BCUT2D eigenvalue weighted by molar-refractivity contribution is 7.85. The lowest BCUT2D eigenvalue weighted by Crippen LogP contribution is -1.97. The van der Waals surface area contributed by atoms with Crippen LogP contribution < -0.4 is 0 Å². The number of hydrogen-bond acceptors (Lipinski definition) is 4. The van der Waals surface area contributed by atoms with Crippen LogP contribution in [0.3, 0.4) is 0 Å². The molecule has 2 N–H and O–H groups in total. The van der Waals surface area contributed by atoms with Crippen molar-refractivity contribution in [2.24, 2.45) is 0 Å². The number of nitrogens with zero attached hydrogens (tertiary/aromatic N) is 2. The van der Waals surface area contributed by atoms with E-state index in [1.807, 2.05) is 18.2 Å². The number of rotatable bonds is 3. The Hall–Kier alpha value is -2.51. The number of pyridine rings is 1. The summed E-state index contributed by atoms with van der Waals surface area (Å²) >= 11 is 0. The molecule has 7 heteroatoms. The topological polar surface area (TPSA) is 95.9 Å². The lowest BCUT2D eigenvalue weighted by Gasteiger charge is -1.99. The van der Waals surface area contributed by atoms with Gasteiger partial charge in [-0.2, -0.15) is 13.5 Å². The van der Waals surface area contributed by atoms with E-state index in [0.29, 0.717) is 11.3 Å². The number of hydrogen-bond donors (Lipinski definition) is 2. The molecule has 3 aromatic rings. The number of aromatic nitrogens is 3. The molecule has 0 saturated heterocycles. The van der Waals surface area contributed by atoms with Crippen molar-refractivity contribution in [3.05, 3.63) is 54.7 Å². The Morgan fingerprint density at radius 3 is 2.57 bits per heavy atom. The van der Waals surface area contributed by atoms with Crippen molar-refractivity contribution in [2.45, 2.75) is 4.90 Å². The fourth-order valence-corrected chi connectivity index (χ4v) is 2.47. The Labute approximate surface area is 121 Å². The first-order valence-electron chi connectivity index (χ1n) is 6.09. The standard InChI is InChI=1S/C14H11N3O3S/c18-21(19,20)11-5-3-4-10(8-11)13-9-14(17-16-13)12-6-1-2-7-15-12/h1-9H,(H,16,17)(H,18,19,20). The first kappa shape index (κ1) is 13.5. The first-order chi connectivity index (χ1) is 10.0. The molecule has 0 atom stereocenters. The van der Waals surface area contributed by atoms with E-state index in [2.05, 4.69) is 15.2 Å². The summed E-state index contributed by atoms with van der Waals surface area (Å²) in [6.07, 6.45) is 1.68. The predicted molar refractivity (Wildman–Crippen MR) is 77.1 cm³/mol. The third-order valence-corrected chi connectivity index (χ3v) is 3.80.